The number of aliphatic hydroxyl groups excluding tert-OH is 1. The number of para-hydroxylation sites is 1. The molecule has 2 aromatic carbocycles. The van der Waals surface area contributed by atoms with Crippen molar-refractivity contribution in [3.8, 4) is 5.75 Å². The lowest BCUT2D eigenvalue weighted by Gasteiger charge is -2.26. The van der Waals surface area contributed by atoms with Crippen molar-refractivity contribution in [2.45, 2.75) is 38.6 Å². The van der Waals surface area contributed by atoms with Gasteiger partial charge in [-0.1, -0.05) is 57.2 Å². The number of Topliss-reactive ketones (excluding diaryl/α,β-unsaturated/α-hetero) is 1. The van der Waals surface area contributed by atoms with Crippen LogP contribution in [0.5, 0.6) is 5.75 Å². The topological polar surface area (TPSA) is 76.1 Å². The van der Waals surface area contributed by atoms with Crippen LogP contribution >= 0.6 is 0 Å². The van der Waals surface area contributed by atoms with E-state index in [2.05, 4.69) is 20.8 Å². The smallest absolute Gasteiger partial charge is 0.295 e. The predicted molar refractivity (Wildman–Crippen MR) is 124 cm³/mol. The minimum atomic E-state index is -0.698. The minimum absolute atomic E-state index is 0.0315. The van der Waals surface area contributed by atoms with Crippen molar-refractivity contribution in [3.05, 3.63) is 70.8 Å². The van der Waals surface area contributed by atoms with Crippen molar-refractivity contribution < 1.29 is 24.2 Å². The van der Waals surface area contributed by atoms with Crippen LogP contribution in [0.15, 0.2) is 54.1 Å². The Bertz CT molecular complexity index is 1020. The number of rotatable bonds is 7. The second-order valence-electron chi connectivity index (χ2n) is 8.91. The third kappa shape index (κ3) is 4.55. The SMILES string of the molecule is COCCCN1C(=O)C(=O)/C(=C(\O)c2ccccc2OC)C1c1ccc(C(C)(C)C)cc1. The molecule has 32 heavy (non-hydrogen) atoms. The van der Waals surface area contributed by atoms with Crippen molar-refractivity contribution in [1.29, 1.82) is 0 Å². The number of ketones is 1. The molecule has 1 atom stereocenters. The number of hydrogen-bond acceptors (Lipinski definition) is 5. The van der Waals surface area contributed by atoms with E-state index in [0.29, 0.717) is 30.9 Å². The first-order chi connectivity index (χ1) is 15.2. The molecular weight excluding hydrogens is 406 g/mol. The second kappa shape index (κ2) is 9.57. The molecule has 3 rings (SSSR count). The lowest BCUT2D eigenvalue weighted by atomic mass is 9.85. The Morgan fingerprint density at radius 1 is 1.03 bits per heavy atom. The molecule has 1 fully saturated rings. The average Bonchev–Trinajstić information content (AvgIpc) is 3.03. The van der Waals surface area contributed by atoms with E-state index in [-0.39, 0.29) is 16.7 Å². The third-order valence-corrected chi connectivity index (χ3v) is 5.74. The quantitative estimate of drug-likeness (QED) is 0.300. The van der Waals surface area contributed by atoms with Crippen LogP contribution in [0.1, 0.15) is 49.9 Å². The van der Waals surface area contributed by atoms with Gasteiger partial charge in [-0.05, 0) is 35.1 Å². The lowest BCUT2D eigenvalue weighted by molar-refractivity contribution is -0.140. The van der Waals surface area contributed by atoms with E-state index in [1.807, 2.05) is 24.3 Å². The van der Waals surface area contributed by atoms with Crippen LogP contribution < -0.4 is 4.74 Å². The van der Waals surface area contributed by atoms with Gasteiger partial charge in [-0.2, -0.15) is 0 Å². The summed E-state index contributed by atoms with van der Waals surface area (Å²) in [6.45, 7) is 7.18. The maximum absolute atomic E-state index is 13.1. The van der Waals surface area contributed by atoms with Crippen LogP contribution in [0.4, 0.5) is 0 Å². The van der Waals surface area contributed by atoms with Gasteiger partial charge in [-0.3, -0.25) is 9.59 Å². The number of hydrogen-bond donors (Lipinski definition) is 1. The molecule has 1 aliphatic rings. The number of carbonyl (C=O) groups excluding carboxylic acids is 2. The van der Waals surface area contributed by atoms with Crippen LogP contribution in [-0.2, 0) is 19.7 Å². The first-order valence-corrected chi connectivity index (χ1v) is 10.7. The van der Waals surface area contributed by atoms with E-state index < -0.39 is 17.7 Å². The number of likely N-dealkylation sites (tertiary alicyclic amines) is 1. The molecule has 0 bridgehead atoms. The highest BCUT2D eigenvalue weighted by Crippen LogP contribution is 2.41. The fourth-order valence-corrected chi connectivity index (χ4v) is 3.99. The highest BCUT2D eigenvalue weighted by molar-refractivity contribution is 6.46. The van der Waals surface area contributed by atoms with Crippen molar-refractivity contribution in [3.63, 3.8) is 0 Å². The fraction of sp³-hybridized carbons (Fsp3) is 0.385. The molecule has 0 aliphatic carbocycles. The molecular formula is C26H31NO5. The van der Waals surface area contributed by atoms with Crippen molar-refractivity contribution in [2.75, 3.05) is 27.4 Å². The van der Waals surface area contributed by atoms with E-state index >= 15 is 0 Å². The zero-order valence-electron chi connectivity index (χ0n) is 19.3. The molecule has 1 saturated heterocycles. The Morgan fingerprint density at radius 2 is 1.69 bits per heavy atom. The first-order valence-electron chi connectivity index (χ1n) is 10.7. The highest BCUT2D eigenvalue weighted by atomic mass is 16.5. The van der Waals surface area contributed by atoms with E-state index in [1.165, 1.54) is 12.0 Å². The Morgan fingerprint density at radius 3 is 2.28 bits per heavy atom. The second-order valence-corrected chi connectivity index (χ2v) is 8.91. The van der Waals surface area contributed by atoms with Gasteiger partial charge in [0.1, 0.15) is 11.5 Å². The Hall–Kier alpha value is -3.12. The molecule has 170 valence electrons. The Labute approximate surface area is 189 Å². The number of ether oxygens (including phenoxy) is 2. The van der Waals surface area contributed by atoms with Crippen LogP contribution in [0.2, 0.25) is 0 Å². The summed E-state index contributed by atoms with van der Waals surface area (Å²) in [5.74, 6) is -1.13. The molecule has 6 heteroatoms. The van der Waals surface area contributed by atoms with Gasteiger partial charge in [0.2, 0.25) is 0 Å². The molecule has 1 unspecified atom stereocenters. The molecule has 0 spiro atoms. The zero-order chi connectivity index (χ0) is 23.5. The van der Waals surface area contributed by atoms with E-state index in [0.717, 1.165) is 11.1 Å². The summed E-state index contributed by atoms with van der Waals surface area (Å²) in [6.07, 6.45) is 0.578. The summed E-state index contributed by atoms with van der Waals surface area (Å²) in [7, 11) is 3.09. The molecule has 1 heterocycles. The molecule has 0 saturated carbocycles. The normalized spacial score (nSPS) is 18.3. The Balaban J connectivity index is 2.15. The van der Waals surface area contributed by atoms with Gasteiger partial charge < -0.3 is 19.5 Å². The van der Waals surface area contributed by atoms with Crippen molar-refractivity contribution >= 4 is 17.4 Å². The largest absolute Gasteiger partial charge is 0.507 e. The van der Waals surface area contributed by atoms with Gasteiger partial charge in [0.15, 0.2) is 0 Å². The van der Waals surface area contributed by atoms with Gasteiger partial charge in [0, 0.05) is 20.3 Å². The number of aliphatic hydroxyl groups is 1. The molecule has 6 nitrogen and oxygen atoms in total. The summed E-state index contributed by atoms with van der Waals surface area (Å²) in [5, 5.41) is 11.2. The standard InChI is InChI=1S/C26H31NO5/c1-26(2,3)18-13-11-17(12-14-18)22-21(23(28)19-9-6-7-10-20(19)32-5)24(29)25(30)27(22)15-8-16-31-4/h6-7,9-14,22,28H,8,15-16H2,1-5H3/b23-21-. The van der Waals surface area contributed by atoms with Crippen LogP contribution in [-0.4, -0.2) is 49.1 Å². The summed E-state index contributed by atoms with van der Waals surface area (Å²) in [4.78, 5) is 27.6. The van der Waals surface area contributed by atoms with E-state index in [4.69, 9.17) is 9.47 Å². The summed E-state index contributed by atoms with van der Waals surface area (Å²) in [6, 6.07) is 14.1. The zero-order valence-corrected chi connectivity index (χ0v) is 19.3. The number of nitrogens with zero attached hydrogens (tertiary/aromatic N) is 1. The lowest BCUT2D eigenvalue weighted by Crippen LogP contribution is -2.31. The fourth-order valence-electron chi connectivity index (χ4n) is 3.99. The summed E-state index contributed by atoms with van der Waals surface area (Å²) < 4.78 is 10.5. The summed E-state index contributed by atoms with van der Waals surface area (Å²) >= 11 is 0. The summed E-state index contributed by atoms with van der Waals surface area (Å²) in [5.41, 5.74) is 2.32. The van der Waals surface area contributed by atoms with Gasteiger partial charge >= 0.3 is 0 Å². The predicted octanol–water partition coefficient (Wildman–Crippen LogP) is 4.45. The van der Waals surface area contributed by atoms with Gasteiger partial charge in [-0.25, -0.2) is 0 Å². The number of methoxy groups -OCH3 is 2. The maximum Gasteiger partial charge on any atom is 0.295 e. The molecule has 0 aromatic heterocycles. The molecule has 1 N–H and O–H groups in total. The van der Waals surface area contributed by atoms with E-state index in [1.54, 1.807) is 31.4 Å². The molecule has 1 aliphatic heterocycles. The minimum Gasteiger partial charge on any atom is -0.507 e. The van der Waals surface area contributed by atoms with Gasteiger partial charge in [-0.15, -0.1) is 0 Å². The van der Waals surface area contributed by atoms with Gasteiger partial charge in [0.25, 0.3) is 11.7 Å². The van der Waals surface area contributed by atoms with Crippen molar-refractivity contribution in [2.24, 2.45) is 0 Å². The van der Waals surface area contributed by atoms with Gasteiger partial charge in [0.05, 0.1) is 24.3 Å². The highest BCUT2D eigenvalue weighted by Gasteiger charge is 2.46. The average molecular weight is 438 g/mol. The molecule has 0 radical (unpaired) electrons. The first kappa shape index (κ1) is 23.5. The number of carbonyl (C=O) groups is 2. The maximum atomic E-state index is 13.1. The number of amides is 1. The Kier molecular flexibility index (Phi) is 7.04. The third-order valence-electron chi connectivity index (χ3n) is 5.74. The number of benzene rings is 2. The van der Waals surface area contributed by atoms with Crippen LogP contribution in [0.25, 0.3) is 5.76 Å². The van der Waals surface area contributed by atoms with Crippen LogP contribution in [0.3, 0.4) is 0 Å². The monoisotopic (exact) mass is 437 g/mol. The van der Waals surface area contributed by atoms with Crippen molar-refractivity contribution in [1.82, 2.24) is 4.90 Å². The molecule has 2 aromatic rings. The van der Waals surface area contributed by atoms with E-state index in [9.17, 15) is 14.7 Å². The van der Waals surface area contributed by atoms with Crippen LogP contribution in [0, 0.1) is 0 Å². The molecule has 1 amide bonds.